The fraction of sp³-hybridized carbons (Fsp3) is 0.125. The standard InChI is InChI=1S/C24H20ClN3OS/c25-20-11-13-21(14-12-20)30-24(19-9-5-2-6-10-19)22(15-28-17-26-16-27-28)23(29)18-7-3-1-4-8-18/h1-14,16-17,22,24H,15H2/t22-,24+/m1/s1. The van der Waals surface area contributed by atoms with Gasteiger partial charge in [0, 0.05) is 20.7 Å². The van der Waals surface area contributed by atoms with E-state index in [0.717, 1.165) is 10.5 Å². The average molecular weight is 434 g/mol. The predicted octanol–water partition coefficient (Wildman–Crippen LogP) is 5.96. The van der Waals surface area contributed by atoms with Crippen LogP contribution in [0.3, 0.4) is 0 Å². The van der Waals surface area contributed by atoms with E-state index < -0.39 is 0 Å². The number of aromatic nitrogens is 3. The summed E-state index contributed by atoms with van der Waals surface area (Å²) in [6.07, 6.45) is 3.15. The summed E-state index contributed by atoms with van der Waals surface area (Å²) in [6, 6.07) is 27.3. The van der Waals surface area contributed by atoms with Crippen LogP contribution in [0.5, 0.6) is 0 Å². The molecule has 0 amide bonds. The molecule has 3 aromatic carbocycles. The van der Waals surface area contributed by atoms with Crippen molar-refractivity contribution in [3.05, 3.63) is 114 Å². The molecule has 6 heteroatoms. The first-order valence-corrected chi connectivity index (χ1v) is 10.9. The van der Waals surface area contributed by atoms with E-state index in [1.54, 1.807) is 22.8 Å². The van der Waals surface area contributed by atoms with Gasteiger partial charge < -0.3 is 0 Å². The molecule has 150 valence electrons. The van der Waals surface area contributed by atoms with E-state index in [-0.39, 0.29) is 17.0 Å². The Labute approximate surface area is 184 Å². The molecule has 0 aliphatic rings. The maximum atomic E-state index is 13.6. The molecule has 0 spiro atoms. The Balaban J connectivity index is 1.75. The minimum Gasteiger partial charge on any atom is -0.294 e. The molecule has 0 unspecified atom stereocenters. The van der Waals surface area contributed by atoms with Gasteiger partial charge in [0.05, 0.1) is 12.5 Å². The average Bonchev–Trinajstić information content (AvgIpc) is 3.31. The number of rotatable bonds is 8. The minimum atomic E-state index is -0.336. The fourth-order valence-electron chi connectivity index (χ4n) is 3.35. The lowest BCUT2D eigenvalue weighted by atomic mass is 9.90. The van der Waals surface area contributed by atoms with Crippen LogP contribution in [-0.2, 0) is 6.54 Å². The molecule has 4 aromatic rings. The molecule has 0 saturated heterocycles. The zero-order chi connectivity index (χ0) is 20.8. The maximum absolute atomic E-state index is 13.6. The highest BCUT2D eigenvalue weighted by Crippen LogP contribution is 2.43. The van der Waals surface area contributed by atoms with E-state index >= 15 is 0 Å². The zero-order valence-corrected chi connectivity index (χ0v) is 17.7. The summed E-state index contributed by atoms with van der Waals surface area (Å²) < 4.78 is 1.73. The fourth-order valence-corrected chi connectivity index (χ4v) is 4.73. The number of carbonyl (C=O) groups is 1. The molecule has 0 aliphatic heterocycles. The normalized spacial score (nSPS) is 13.0. The van der Waals surface area contributed by atoms with Gasteiger partial charge in [0.15, 0.2) is 5.78 Å². The van der Waals surface area contributed by atoms with Gasteiger partial charge in [0.25, 0.3) is 0 Å². The Kier molecular flexibility index (Phi) is 6.62. The minimum absolute atomic E-state index is 0.0846. The van der Waals surface area contributed by atoms with Gasteiger partial charge in [-0.2, -0.15) is 5.10 Å². The summed E-state index contributed by atoms with van der Waals surface area (Å²) in [6.45, 7) is 0.438. The topological polar surface area (TPSA) is 47.8 Å². The number of hydrogen-bond donors (Lipinski definition) is 0. The Hall–Kier alpha value is -2.89. The molecule has 0 saturated carbocycles. The molecule has 30 heavy (non-hydrogen) atoms. The van der Waals surface area contributed by atoms with Crippen LogP contribution in [0.25, 0.3) is 0 Å². The van der Waals surface area contributed by atoms with Crippen LogP contribution < -0.4 is 0 Å². The lowest BCUT2D eigenvalue weighted by molar-refractivity contribution is 0.0901. The van der Waals surface area contributed by atoms with Gasteiger partial charge in [-0.05, 0) is 29.8 Å². The van der Waals surface area contributed by atoms with E-state index in [9.17, 15) is 4.79 Å². The molecule has 4 nitrogen and oxygen atoms in total. The Morgan fingerprint density at radius 2 is 1.60 bits per heavy atom. The number of nitrogens with zero attached hydrogens (tertiary/aromatic N) is 3. The van der Waals surface area contributed by atoms with Gasteiger partial charge in [-0.25, -0.2) is 4.98 Å². The molecule has 2 atom stereocenters. The summed E-state index contributed by atoms with van der Waals surface area (Å²) in [4.78, 5) is 18.7. The first-order valence-electron chi connectivity index (χ1n) is 9.59. The second kappa shape index (κ2) is 9.74. The van der Waals surface area contributed by atoms with E-state index in [1.807, 2.05) is 72.8 Å². The van der Waals surface area contributed by atoms with Gasteiger partial charge in [-0.1, -0.05) is 72.3 Å². The van der Waals surface area contributed by atoms with Crippen LogP contribution in [0.2, 0.25) is 5.02 Å². The number of Topliss-reactive ketones (excluding diaryl/α,β-unsaturated/α-hetero) is 1. The van der Waals surface area contributed by atoms with Crippen molar-refractivity contribution in [3.8, 4) is 0 Å². The summed E-state index contributed by atoms with van der Waals surface area (Å²) in [5.41, 5.74) is 1.78. The summed E-state index contributed by atoms with van der Waals surface area (Å²) >= 11 is 7.73. The van der Waals surface area contributed by atoms with E-state index in [4.69, 9.17) is 11.6 Å². The largest absolute Gasteiger partial charge is 0.294 e. The molecule has 1 heterocycles. The highest BCUT2D eigenvalue weighted by molar-refractivity contribution is 7.99. The maximum Gasteiger partial charge on any atom is 0.169 e. The molecular weight excluding hydrogens is 414 g/mol. The van der Waals surface area contributed by atoms with E-state index in [2.05, 4.69) is 22.2 Å². The number of hydrogen-bond acceptors (Lipinski definition) is 4. The summed E-state index contributed by atoms with van der Waals surface area (Å²) in [7, 11) is 0. The highest BCUT2D eigenvalue weighted by atomic mass is 35.5. The van der Waals surface area contributed by atoms with Crippen molar-refractivity contribution < 1.29 is 4.79 Å². The molecule has 0 fully saturated rings. The third-order valence-electron chi connectivity index (χ3n) is 4.82. The molecule has 4 rings (SSSR count). The first-order chi connectivity index (χ1) is 14.7. The third kappa shape index (κ3) is 4.99. The van der Waals surface area contributed by atoms with Gasteiger partial charge >= 0.3 is 0 Å². The SMILES string of the molecule is O=C(c1ccccc1)[C@@H](Cn1cncn1)[C@@H](Sc1ccc(Cl)cc1)c1ccccc1. The Bertz CT molecular complexity index is 1070. The van der Waals surface area contributed by atoms with Crippen LogP contribution >= 0.6 is 23.4 Å². The number of carbonyl (C=O) groups excluding carboxylic acids is 1. The second-order valence-corrected chi connectivity index (χ2v) is 8.51. The number of halogens is 1. The Morgan fingerprint density at radius 1 is 0.933 bits per heavy atom. The molecule has 0 radical (unpaired) electrons. The monoisotopic (exact) mass is 433 g/mol. The lowest BCUT2D eigenvalue weighted by Gasteiger charge is -2.26. The smallest absolute Gasteiger partial charge is 0.169 e. The molecule has 1 aromatic heterocycles. The number of benzene rings is 3. The van der Waals surface area contributed by atoms with Crippen LogP contribution in [-0.4, -0.2) is 20.5 Å². The Morgan fingerprint density at radius 3 is 2.23 bits per heavy atom. The zero-order valence-electron chi connectivity index (χ0n) is 16.1. The quantitative estimate of drug-likeness (QED) is 0.254. The third-order valence-corrected chi connectivity index (χ3v) is 6.47. The molecule has 0 bridgehead atoms. The van der Waals surface area contributed by atoms with Crippen LogP contribution in [0.1, 0.15) is 21.2 Å². The van der Waals surface area contributed by atoms with Gasteiger partial charge in [0.1, 0.15) is 12.7 Å². The van der Waals surface area contributed by atoms with Crippen molar-refractivity contribution in [2.45, 2.75) is 16.7 Å². The van der Waals surface area contributed by atoms with Gasteiger partial charge in [-0.15, -0.1) is 11.8 Å². The van der Waals surface area contributed by atoms with Crippen molar-refractivity contribution in [2.24, 2.45) is 5.92 Å². The van der Waals surface area contributed by atoms with Crippen molar-refractivity contribution in [1.29, 1.82) is 0 Å². The van der Waals surface area contributed by atoms with Gasteiger partial charge in [0.2, 0.25) is 0 Å². The lowest BCUT2D eigenvalue weighted by Crippen LogP contribution is -2.26. The van der Waals surface area contributed by atoms with Crippen LogP contribution in [0.15, 0.2) is 102 Å². The first kappa shape index (κ1) is 20.4. The van der Waals surface area contributed by atoms with Gasteiger partial charge in [-0.3, -0.25) is 9.48 Å². The number of ketones is 1. The van der Waals surface area contributed by atoms with E-state index in [1.165, 1.54) is 6.33 Å². The summed E-state index contributed by atoms with van der Waals surface area (Å²) in [5.74, 6) is -0.251. The van der Waals surface area contributed by atoms with Crippen molar-refractivity contribution in [2.75, 3.05) is 0 Å². The van der Waals surface area contributed by atoms with Crippen molar-refractivity contribution >= 4 is 29.1 Å². The molecular formula is C24H20ClN3OS. The number of thioether (sulfide) groups is 1. The second-order valence-electron chi connectivity index (χ2n) is 6.86. The molecule has 0 N–H and O–H groups in total. The van der Waals surface area contributed by atoms with E-state index in [0.29, 0.717) is 17.1 Å². The highest BCUT2D eigenvalue weighted by Gasteiger charge is 2.32. The van der Waals surface area contributed by atoms with Crippen LogP contribution in [0, 0.1) is 5.92 Å². The summed E-state index contributed by atoms with van der Waals surface area (Å²) in [5, 5.41) is 4.84. The molecule has 0 aliphatic carbocycles. The van der Waals surface area contributed by atoms with Crippen molar-refractivity contribution in [1.82, 2.24) is 14.8 Å². The predicted molar refractivity (Wildman–Crippen MR) is 121 cm³/mol. The van der Waals surface area contributed by atoms with Crippen LogP contribution in [0.4, 0.5) is 0 Å². The van der Waals surface area contributed by atoms with Crippen molar-refractivity contribution in [3.63, 3.8) is 0 Å².